The first-order valence-electron chi connectivity index (χ1n) is 6.83. The van der Waals surface area contributed by atoms with Crippen molar-refractivity contribution < 1.29 is 14.7 Å². The first-order chi connectivity index (χ1) is 8.52. The van der Waals surface area contributed by atoms with Gasteiger partial charge in [0.1, 0.15) is 0 Å². The number of likely N-dealkylation sites (tertiary alicyclic amines) is 1. The molecule has 2 fully saturated rings. The Labute approximate surface area is 108 Å². The van der Waals surface area contributed by atoms with Crippen LogP contribution in [0.5, 0.6) is 0 Å². The topological polar surface area (TPSA) is 69.6 Å². The lowest BCUT2D eigenvalue weighted by Crippen LogP contribution is -2.59. The summed E-state index contributed by atoms with van der Waals surface area (Å²) in [5.41, 5.74) is -0.486. The van der Waals surface area contributed by atoms with E-state index in [2.05, 4.69) is 12.2 Å². The molecule has 5 nitrogen and oxygen atoms in total. The number of urea groups is 1. The smallest absolute Gasteiger partial charge is 0.318 e. The predicted molar refractivity (Wildman–Crippen MR) is 67.4 cm³/mol. The number of hydrogen-bond donors (Lipinski definition) is 2. The van der Waals surface area contributed by atoms with Crippen molar-refractivity contribution in [2.75, 3.05) is 6.54 Å². The largest absolute Gasteiger partial charge is 0.481 e. The van der Waals surface area contributed by atoms with Crippen molar-refractivity contribution in [3.05, 3.63) is 0 Å². The number of rotatable bonds is 3. The molecule has 2 aliphatic rings. The van der Waals surface area contributed by atoms with Crippen molar-refractivity contribution in [3.8, 4) is 0 Å². The van der Waals surface area contributed by atoms with E-state index >= 15 is 0 Å². The minimum absolute atomic E-state index is 0.0426. The van der Waals surface area contributed by atoms with Crippen molar-refractivity contribution in [1.29, 1.82) is 0 Å². The molecule has 0 aromatic rings. The number of piperidine rings is 1. The zero-order valence-corrected chi connectivity index (χ0v) is 10.9. The normalized spacial score (nSPS) is 26.3. The number of carboxylic acid groups (broad SMARTS) is 1. The number of carbonyl (C=O) groups is 2. The van der Waals surface area contributed by atoms with E-state index in [9.17, 15) is 9.59 Å². The maximum Gasteiger partial charge on any atom is 0.318 e. The van der Waals surface area contributed by atoms with Crippen molar-refractivity contribution in [2.24, 2.45) is 0 Å². The van der Waals surface area contributed by atoms with Crippen molar-refractivity contribution in [2.45, 2.75) is 63.5 Å². The molecule has 1 saturated heterocycles. The Bertz CT molecular complexity index is 339. The van der Waals surface area contributed by atoms with Crippen LogP contribution < -0.4 is 5.32 Å². The van der Waals surface area contributed by atoms with E-state index in [0.29, 0.717) is 0 Å². The predicted octanol–water partition coefficient (Wildman–Crippen LogP) is 1.97. The number of amides is 2. The molecule has 1 saturated carbocycles. The molecule has 0 aromatic heterocycles. The molecule has 18 heavy (non-hydrogen) atoms. The minimum Gasteiger partial charge on any atom is -0.481 e. The van der Waals surface area contributed by atoms with E-state index in [1.807, 2.05) is 4.90 Å². The van der Waals surface area contributed by atoms with E-state index < -0.39 is 11.5 Å². The van der Waals surface area contributed by atoms with Crippen LogP contribution in [0.2, 0.25) is 0 Å². The van der Waals surface area contributed by atoms with E-state index in [0.717, 1.165) is 38.6 Å². The number of carboxylic acids is 1. The van der Waals surface area contributed by atoms with Crippen LogP contribution >= 0.6 is 0 Å². The second kappa shape index (κ2) is 5.16. The van der Waals surface area contributed by atoms with E-state index in [1.165, 1.54) is 6.42 Å². The summed E-state index contributed by atoms with van der Waals surface area (Å²) in [6, 6.07) is 0.184. The molecule has 1 unspecified atom stereocenters. The molecule has 1 aliphatic carbocycles. The zero-order chi connectivity index (χ0) is 13.2. The maximum atomic E-state index is 12.2. The standard InChI is InChI=1S/C13H22N2O3/c1-10-5-2-3-8-15(10)12(18)14-13(6-4-7-13)9-11(16)17/h10H,2-9H2,1H3,(H,14,18)(H,16,17). The van der Waals surface area contributed by atoms with Crippen molar-refractivity contribution in [3.63, 3.8) is 0 Å². The summed E-state index contributed by atoms with van der Waals surface area (Å²) < 4.78 is 0. The van der Waals surface area contributed by atoms with Gasteiger partial charge in [0.15, 0.2) is 0 Å². The monoisotopic (exact) mass is 254 g/mol. The maximum absolute atomic E-state index is 12.2. The van der Waals surface area contributed by atoms with Crippen molar-refractivity contribution in [1.82, 2.24) is 10.2 Å². The molecule has 2 amide bonds. The summed E-state index contributed by atoms with van der Waals surface area (Å²) in [5, 5.41) is 11.9. The number of hydrogen-bond acceptors (Lipinski definition) is 2. The van der Waals surface area contributed by atoms with Gasteiger partial charge in [-0.05, 0) is 45.4 Å². The van der Waals surface area contributed by atoms with Crippen LogP contribution in [0.4, 0.5) is 4.79 Å². The SMILES string of the molecule is CC1CCCCN1C(=O)NC1(CC(=O)O)CCC1. The summed E-state index contributed by atoms with van der Waals surface area (Å²) in [5.74, 6) is -0.832. The fourth-order valence-corrected chi connectivity index (χ4v) is 2.94. The summed E-state index contributed by atoms with van der Waals surface area (Å²) >= 11 is 0. The third kappa shape index (κ3) is 2.76. The first kappa shape index (κ1) is 13.2. The van der Waals surface area contributed by atoms with E-state index in [-0.39, 0.29) is 18.5 Å². The quantitative estimate of drug-likeness (QED) is 0.809. The lowest BCUT2D eigenvalue weighted by molar-refractivity contribution is -0.139. The Hall–Kier alpha value is -1.26. The van der Waals surface area contributed by atoms with Crippen LogP contribution in [0.1, 0.15) is 51.9 Å². The number of carbonyl (C=O) groups excluding carboxylic acids is 1. The Morgan fingerprint density at radius 2 is 2.06 bits per heavy atom. The molecule has 0 bridgehead atoms. The average Bonchev–Trinajstić information content (AvgIpc) is 2.25. The van der Waals surface area contributed by atoms with Crippen LogP contribution in [0.3, 0.4) is 0 Å². The second-order valence-electron chi connectivity index (χ2n) is 5.67. The van der Waals surface area contributed by atoms with Gasteiger partial charge >= 0.3 is 12.0 Å². The minimum atomic E-state index is -0.832. The lowest BCUT2D eigenvalue weighted by atomic mass is 9.74. The van der Waals surface area contributed by atoms with Gasteiger partial charge in [-0.3, -0.25) is 4.79 Å². The molecular formula is C13H22N2O3. The van der Waals surface area contributed by atoms with Gasteiger partial charge in [-0.1, -0.05) is 0 Å². The Balaban J connectivity index is 1.94. The Morgan fingerprint density at radius 3 is 2.56 bits per heavy atom. The van der Waals surface area contributed by atoms with E-state index in [1.54, 1.807) is 0 Å². The highest BCUT2D eigenvalue weighted by Gasteiger charge is 2.41. The molecule has 0 aromatic carbocycles. The van der Waals surface area contributed by atoms with Gasteiger partial charge in [0.25, 0.3) is 0 Å². The number of aliphatic carboxylic acids is 1. The van der Waals surface area contributed by atoms with E-state index in [4.69, 9.17) is 5.11 Å². The highest BCUT2D eigenvalue weighted by molar-refractivity contribution is 5.77. The van der Waals surface area contributed by atoms with Crippen molar-refractivity contribution >= 4 is 12.0 Å². The Kier molecular flexibility index (Phi) is 3.78. The van der Waals surface area contributed by atoms with Crippen LogP contribution in [0.15, 0.2) is 0 Å². The molecule has 2 N–H and O–H groups in total. The van der Waals surface area contributed by atoms with Gasteiger partial charge in [-0.2, -0.15) is 0 Å². The lowest BCUT2D eigenvalue weighted by Gasteiger charge is -2.44. The van der Waals surface area contributed by atoms with Crippen LogP contribution in [0, 0.1) is 0 Å². The summed E-state index contributed by atoms with van der Waals surface area (Å²) in [6.07, 6.45) is 5.87. The molecule has 0 spiro atoms. The fourth-order valence-electron chi connectivity index (χ4n) is 2.94. The molecule has 1 heterocycles. The van der Waals surface area contributed by atoms with Gasteiger partial charge in [0.2, 0.25) is 0 Å². The van der Waals surface area contributed by atoms with Gasteiger partial charge in [0, 0.05) is 12.6 Å². The average molecular weight is 254 g/mol. The summed E-state index contributed by atoms with van der Waals surface area (Å²) in [4.78, 5) is 24.9. The summed E-state index contributed by atoms with van der Waals surface area (Å²) in [7, 11) is 0. The van der Waals surface area contributed by atoms with Gasteiger partial charge in [-0.25, -0.2) is 4.79 Å². The van der Waals surface area contributed by atoms with Gasteiger partial charge < -0.3 is 15.3 Å². The third-order valence-corrected chi connectivity index (χ3v) is 4.24. The second-order valence-corrected chi connectivity index (χ2v) is 5.67. The van der Waals surface area contributed by atoms with Gasteiger partial charge in [-0.15, -0.1) is 0 Å². The number of nitrogens with one attached hydrogen (secondary N) is 1. The van der Waals surface area contributed by atoms with Crippen LogP contribution in [-0.2, 0) is 4.79 Å². The Morgan fingerprint density at radius 1 is 1.33 bits per heavy atom. The summed E-state index contributed by atoms with van der Waals surface area (Å²) in [6.45, 7) is 2.85. The highest BCUT2D eigenvalue weighted by atomic mass is 16.4. The first-order valence-corrected chi connectivity index (χ1v) is 6.83. The molecule has 0 radical (unpaired) electrons. The zero-order valence-electron chi connectivity index (χ0n) is 10.9. The van der Waals surface area contributed by atoms with Crippen LogP contribution in [0.25, 0.3) is 0 Å². The molecule has 1 atom stereocenters. The van der Waals surface area contributed by atoms with Crippen LogP contribution in [-0.4, -0.2) is 40.1 Å². The molecule has 102 valence electrons. The molecule has 2 rings (SSSR count). The molecule has 5 heteroatoms. The van der Waals surface area contributed by atoms with Gasteiger partial charge in [0.05, 0.1) is 12.0 Å². The molecule has 1 aliphatic heterocycles. The fraction of sp³-hybridized carbons (Fsp3) is 0.846. The molecular weight excluding hydrogens is 232 g/mol. The third-order valence-electron chi connectivity index (χ3n) is 4.24. The number of nitrogens with zero attached hydrogens (tertiary/aromatic N) is 1. The highest BCUT2D eigenvalue weighted by Crippen LogP contribution is 2.35.